The summed E-state index contributed by atoms with van der Waals surface area (Å²) in [5.41, 5.74) is 7.24. The zero-order valence-electron chi connectivity index (χ0n) is 15.0. The monoisotopic (exact) mass is 478 g/mol. The molecular formula is C19H27Cl3SiZr. The zero-order valence-corrected chi connectivity index (χ0v) is 21.3. The number of fused-ring (bicyclic) bond motifs is 1. The summed E-state index contributed by atoms with van der Waals surface area (Å²) in [7, 11) is 7.64. The van der Waals surface area contributed by atoms with Gasteiger partial charge in [0.15, 0.2) is 0 Å². The molecule has 2 atom stereocenters. The molecule has 132 valence electrons. The molecule has 0 saturated heterocycles. The quantitative estimate of drug-likeness (QED) is 0.436. The van der Waals surface area contributed by atoms with Gasteiger partial charge in [-0.25, -0.2) is 0 Å². The summed E-state index contributed by atoms with van der Waals surface area (Å²) in [6.07, 6.45) is 4.65. The van der Waals surface area contributed by atoms with Crippen molar-refractivity contribution in [3.05, 3.63) is 61.5 Å². The van der Waals surface area contributed by atoms with Crippen LogP contribution in [0.2, 0.25) is 4.63 Å². The Hall–Kier alpha value is 0.410. The molecule has 0 bridgehead atoms. The van der Waals surface area contributed by atoms with Gasteiger partial charge >= 0.3 is 141 Å². The van der Waals surface area contributed by atoms with Crippen LogP contribution in [0, 0.1) is 5.92 Å². The van der Waals surface area contributed by atoms with Crippen molar-refractivity contribution in [2.75, 3.05) is 0 Å². The molecule has 2 aliphatic carbocycles. The first-order valence-corrected chi connectivity index (χ1v) is 22.3. The van der Waals surface area contributed by atoms with Crippen LogP contribution in [0.3, 0.4) is 0 Å². The van der Waals surface area contributed by atoms with E-state index in [4.69, 9.17) is 8.51 Å². The van der Waals surface area contributed by atoms with Crippen molar-refractivity contribution in [1.29, 1.82) is 0 Å². The molecule has 0 N–H and O–H groups in total. The molecule has 2 unspecified atom stereocenters. The van der Waals surface area contributed by atoms with E-state index in [1.54, 1.807) is 3.28 Å². The van der Waals surface area contributed by atoms with E-state index >= 15 is 0 Å². The van der Waals surface area contributed by atoms with Crippen LogP contribution in [0.1, 0.15) is 42.4 Å². The van der Waals surface area contributed by atoms with Gasteiger partial charge in [-0.1, -0.05) is 0 Å². The van der Waals surface area contributed by atoms with E-state index in [1.165, 1.54) is 27.8 Å². The third kappa shape index (κ3) is 3.23. The van der Waals surface area contributed by atoms with Gasteiger partial charge in [-0.15, -0.1) is 24.8 Å². The van der Waals surface area contributed by atoms with Crippen LogP contribution < -0.4 is 0 Å². The second-order valence-corrected chi connectivity index (χ2v) is 39.5. The summed E-state index contributed by atoms with van der Waals surface area (Å²) in [6, 6.07) is 8.76. The van der Waals surface area contributed by atoms with E-state index in [2.05, 4.69) is 75.6 Å². The van der Waals surface area contributed by atoms with E-state index in [9.17, 15) is 0 Å². The van der Waals surface area contributed by atoms with Crippen molar-refractivity contribution >= 4 is 46.3 Å². The Morgan fingerprint density at radius 2 is 1.62 bits per heavy atom. The molecule has 1 aromatic carbocycles. The van der Waals surface area contributed by atoms with Gasteiger partial charge in [-0.2, -0.15) is 0 Å². The Balaban J connectivity index is 0.00000144. The predicted molar refractivity (Wildman–Crippen MR) is 113 cm³/mol. The fraction of sp³-hybridized carbons (Fsp3) is 0.368. The molecule has 2 aliphatic rings. The van der Waals surface area contributed by atoms with Crippen molar-refractivity contribution in [3.8, 4) is 0 Å². The minimum absolute atomic E-state index is 0. The van der Waals surface area contributed by atoms with Gasteiger partial charge < -0.3 is 0 Å². The third-order valence-corrected chi connectivity index (χ3v) is 24.1. The Bertz CT molecular complexity index is 827. The second kappa shape index (κ2) is 7.20. The predicted octanol–water partition coefficient (Wildman–Crippen LogP) is 6.30. The molecule has 0 saturated carbocycles. The normalized spacial score (nSPS) is 23.1. The number of halogens is 3. The number of hydrogen-bond acceptors (Lipinski definition) is 0. The van der Waals surface area contributed by atoms with E-state index in [0.29, 0.717) is 9.54 Å². The van der Waals surface area contributed by atoms with Crippen LogP contribution in [-0.4, -0.2) is 6.88 Å². The van der Waals surface area contributed by atoms with Crippen LogP contribution in [0.15, 0.2) is 50.3 Å². The van der Waals surface area contributed by atoms with Crippen LogP contribution in [-0.2, 0) is 16.2 Å². The van der Waals surface area contributed by atoms with Crippen molar-refractivity contribution in [1.82, 2.24) is 0 Å². The molecule has 0 nitrogen and oxygen atoms in total. The first-order valence-electron chi connectivity index (χ1n) is 8.06. The number of benzene rings is 1. The van der Waals surface area contributed by atoms with Crippen LogP contribution >= 0.6 is 33.3 Å². The summed E-state index contributed by atoms with van der Waals surface area (Å²) in [6.45, 7) is 11.3. The molecule has 1 aromatic rings. The maximum absolute atomic E-state index is 7.64. The molecule has 0 heterocycles. The molecule has 5 heteroatoms. The smallest absolute Gasteiger partial charge is 0.147 e. The Morgan fingerprint density at radius 1 is 1.04 bits per heavy atom. The minimum Gasteiger partial charge on any atom is -0.147 e. The first kappa shape index (κ1) is 22.5. The van der Waals surface area contributed by atoms with Crippen LogP contribution in [0.25, 0.3) is 6.08 Å². The Morgan fingerprint density at radius 3 is 2.17 bits per heavy atom. The van der Waals surface area contributed by atoms with Crippen LogP contribution in [0.5, 0.6) is 0 Å². The molecular weight excluding hydrogens is 454 g/mol. The summed E-state index contributed by atoms with van der Waals surface area (Å²) >= 11 is -3.59. The third-order valence-electron chi connectivity index (χ3n) is 5.96. The van der Waals surface area contributed by atoms with Gasteiger partial charge in [0.25, 0.3) is 0 Å². The maximum atomic E-state index is 7.64. The minimum atomic E-state index is -3.59. The van der Waals surface area contributed by atoms with Gasteiger partial charge in [-0.3, -0.25) is 0 Å². The SMILES string of the molecule is CC1=C(C)C(C)[C]([Zr]([CH3])(=[SiH2])([Cl])[CH]2C=Cc3ccccc32)=C1C.Cl.Cl. The fourth-order valence-electron chi connectivity index (χ4n) is 4.51. The molecule has 24 heavy (non-hydrogen) atoms. The summed E-state index contributed by atoms with van der Waals surface area (Å²) in [4.78, 5) is 0. The molecule has 0 aromatic heterocycles. The number of hydrogen-bond donors (Lipinski definition) is 0. The second-order valence-electron chi connectivity index (χ2n) is 7.48. The van der Waals surface area contributed by atoms with Crippen molar-refractivity contribution in [2.45, 2.75) is 36.0 Å². The van der Waals surface area contributed by atoms with Gasteiger partial charge in [0.05, 0.1) is 0 Å². The molecule has 0 spiro atoms. The van der Waals surface area contributed by atoms with Gasteiger partial charge in [0.2, 0.25) is 0 Å². The number of allylic oxidation sites excluding steroid dienone is 5. The van der Waals surface area contributed by atoms with Crippen LogP contribution in [0.4, 0.5) is 0 Å². The number of rotatable bonds is 2. The molecule has 0 fully saturated rings. The van der Waals surface area contributed by atoms with Gasteiger partial charge in [-0.05, 0) is 0 Å². The molecule has 0 amide bonds. The first-order chi connectivity index (χ1) is 10.1. The summed E-state index contributed by atoms with van der Waals surface area (Å²) in [5.74, 6) is 0.506. The Labute approximate surface area is 164 Å². The average Bonchev–Trinajstić information content (AvgIpc) is 2.96. The average molecular weight is 481 g/mol. The standard InChI is InChI=1S/C9H7.C9H13.CH3.3ClH.H2Si.Zr/c1-2-5-9-7-3-6-8(9)4-1;1-6-5-7(2)9(4)8(6)3;;;;;;/h1-7H;6H,1-4H3;1H3;3*1H;1H2;/q;;;;;;;+1/p-1. The largest absolute Gasteiger partial charge is 0.147 e. The maximum Gasteiger partial charge on any atom is -0.147 e. The Kier molecular flexibility index (Phi) is 6.73. The summed E-state index contributed by atoms with van der Waals surface area (Å²) < 4.78 is 4.45. The molecule has 0 radical (unpaired) electrons. The van der Waals surface area contributed by atoms with E-state index in [0.717, 1.165) is 0 Å². The van der Waals surface area contributed by atoms with Gasteiger partial charge in [0, 0.05) is 0 Å². The van der Waals surface area contributed by atoms with Crippen molar-refractivity contribution in [3.63, 3.8) is 0 Å². The van der Waals surface area contributed by atoms with E-state index in [-0.39, 0.29) is 24.8 Å². The molecule has 0 aliphatic heterocycles. The zero-order chi connectivity index (χ0) is 16.3. The summed E-state index contributed by atoms with van der Waals surface area (Å²) in [5, 5.41) is 0. The van der Waals surface area contributed by atoms with E-state index < -0.39 is 16.2 Å². The molecule has 3 rings (SSSR count). The van der Waals surface area contributed by atoms with E-state index in [1.807, 2.05) is 0 Å². The topological polar surface area (TPSA) is 0 Å². The fourth-order valence-corrected chi connectivity index (χ4v) is 24.1. The van der Waals surface area contributed by atoms with Crippen molar-refractivity contribution in [2.24, 2.45) is 5.92 Å². The van der Waals surface area contributed by atoms with Gasteiger partial charge in [0.1, 0.15) is 0 Å². The van der Waals surface area contributed by atoms with Crippen molar-refractivity contribution < 1.29 is 16.2 Å².